The summed E-state index contributed by atoms with van der Waals surface area (Å²) < 4.78 is 46.9. The van der Waals surface area contributed by atoms with E-state index in [0.717, 1.165) is 9.13 Å². The summed E-state index contributed by atoms with van der Waals surface area (Å²) in [6, 6.07) is 6.91. The van der Waals surface area contributed by atoms with E-state index in [-0.39, 0.29) is 18.1 Å². The van der Waals surface area contributed by atoms with Crippen LogP contribution in [0.1, 0.15) is 5.56 Å². The van der Waals surface area contributed by atoms with E-state index in [1.54, 1.807) is 29.2 Å². The summed E-state index contributed by atoms with van der Waals surface area (Å²) in [5, 5.41) is 3.87. The third-order valence-electron chi connectivity index (χ3n) is 5.94. The lowest BCUT2D eigenvalue weighted by molar-refractivity contribution is -0.203. The second kappa shape index (κ2) is 9.36. The molecule has 2 aromatic rings. The van der Waals surface area contributed by atoms with Crippen LogP contribution in [-0.4, -0.2) is 65.8 Å². The first kappa shape index (κ1) is 24.8. The fraction of sp³-hybridized carbons (Fsp3) is 0.476. The predicted molar refractivity (Wildman–Crippen MR) is 119 cm³/mol. The zero-order valence-electron chi connectivity index (χ0n) is 19.3. The number of rotatable bonds is 5. The number of anilines is 3. The van der Waals surface area contributed by atoms with Crippen molar-refractivity contribution in [3.8, 4) is 0 Å². The fourth-order valence-electron chi connectivity index (χ4n) is 4.33. The molecule has 11 nitrogen and oxygen atoms in total. The van der Waals surface area contributed by atoms with Gasteiger partial charge in [0.1, 0.15) is 0 Å². The first-order chi connectivity index (χ1) is 16.6. The van der Waals surface area contributed by atoms with Crippen molar-refractivity contribution in [2.45, 2.75) is 19.1 Å². The highest BCUT2D eigenvalue weighted by molar-refractivity contribution is 5.84. The SMILES string of the molecule is COCc1ccccc1N1c2c(n(C)c(=O)n(C)c2=O)N(OC(=O)C(F)(F)F)C1N1CCNCC1. The average molecular weight is 498 g/mol. The number of para-hydroxylation sites is 1. The van der Waals surface area contributed by atoms with Gasteiger partial charge in [0.2, 0.25) is 6.29 Å². The fourth-order valence-corrected chi connectivity index (χ4v) is 4.33. The number of hydrogen-bond donors (Lipinski definition) is 1. The number of methoxy groups -OCH3 is 1. The number of hydrogen-bond acceptors (Lipinski definition) is 9. The minimum atomic E-state index is -5.30. The van der Waals surface area contributed by atoms with Crippen LogP contribution in [0.3, 0.4) is 0 Å². The van der Waals surface area contributed by atoms with Crippen LogP contribution in [0.25, 0.3) is 0 Å². The second-order valence-electron chi connectivity index (χ2n) is 8.14. The first-order valence-electron chi connectivity index (χ1n) is 10.8. The van der Waals surface area contributed by atoms with E-state index in [2.05, 4.69) is 5.32 Å². The van der Waals surface area contributed by atoms with Gasteiger partial charge in [-0.05, 0) is 6.07 Å². The van der Waals surface area contributed by atoms with E-state index in [1.165, 1.54) is 26.1 Å². The molecule has 2 aliphatic heterocycles. The van der Waals surface area contributed by atoms with Gasteiger partial charge in [-0.25, -0.2) is 9.59 Å². The van der Waals surface area contributed by atoms with Gasteiger partial charge in [-0.1, -0.05) is 18.2 Å². The first-order valence-corrected chi connectivity index (χ1v) is 10.8. The average Bonchev–Trinajstić information content (AvgIpc) is 3.16. The van der Waals surface area contributed by atoms with Gasteiger partial charge in [0.15, 0.2) is 11.5 Å². The molecule has 0 aliphatic carbocycles. The van der Waals surface area contributed by atoms with E-state index in [4.69, 9.17) is 9.57 Å². The number of piperazine rings is 1. The molecule has 1 aromatic carbocycles. The van der Waals surface area contributed by atoms with Crippen LogP contribution in [0.15, 0.2) is 33.9 Å². The van der Waals surface area contributed by atoms with Crippen LogP contribution in [0.2, 0.25) is 0 Å². The smallest absolute Gasteiger partial charge is 0.380 e. The highest BCUT2D eigenvalue weighted by Gasteiger charge is 2.51. The molecule has 0 bridgehead atoms. The van der Waals surface area contributed by atoms with Crippen molar-refractivity contribution >= 4 is 23.2 Å². The molecule has 4 rings (SSSR count). The number of hydroxylamine groups is 1. The van der Waals surface area contributed by atoms with E-state index < -0.39 is 29.7 Å². The molecule has 1 unspecified atom stereocenters. The molecule has 1 N–H and O–H groups in total. The van der Waals surface area contributed by atoms with Crippen LogP contribution >= 0.6 is 0 Å². The molecule has 0 radical (unpaired) electrons. The van der Waals surface area contributed by atoms with Gasteiger partial charge >= 0.3 is 17.8 Å². The molecular weight excluding hydrogens is 473 g/mol. The topological polar surface area (TPSA) is 101 Å². The Labute approximate surface area is 197 Å². The Balaban J connectivity index is 2.01. The summed E-state index contributed by atoms with van der Waals surface area (Å²) in [5.41, 5.74) is -0.535. The van der Waals surface area contributed by atoms with Gasteiger partial charge < -0.3 is 14.9 Å². The van der Waals surface area contributed by atoms with Crippen LogP contribution < -0.4 is 26.5 Å². The van der Waals surface area contributed by atoms with Gasteiger partial charge in [0, 0.05) is 52.9 Å². The quantitative estimate of drug-likeness (QED) is 0.628. The molecule has 35 heavy (non-hydrogen) atoms. The standard InChI is InChI=1S/C21H25F3N6O5/c1-26-16-15(17(31)27(2)20(26)33)29(14-7-5-4-6-13(14)12-34-3)19(28-10-8-25-9-11-28)30(16)35-18(32)21(22,23)24/h4-7,19,25H,8-12H2,1-3H3. The molecule has 14 heteroatoms. The third-order valence-corrected chi connectivity index (χ3v) is 5.94. The van der Waals surface area contributed by atoms with Crippen molar-refractivity contribution < 1.29 is 27.5 Å². The summed E-state index contributed by atoms with van der Waals surface area (Å²) in [6.07, 6.45) is -6.47. The zero-order valence-corrected chi connectivity index (χ0v) is 19.3. The number of benzene rings is 1. The summed E-state index contributed by atoms with van der Waals surface area (Å²) in [4.78, 5) is 46.3. The van der Waals surface area contributed by atoms with Gasteiger partial charge in [-0.3, -0.25) is 23.7 Å². The Bertz CT molecular complexity index is 1240. The number of ether oxygens (including phenoxy) is 1. The molecule has 0 amide bonds. The summed E-state index contributed by atoms with van der Waals surface area (Å²) >= 11 is 0. The lowest BCUT2D eigenvalue weighted by atomic mass is 10.1. The predicted octanol–water partition coefficient (Wildman–Crippen LogP) is 0.398. The molecule has 1 aromatic heterocycles. The number of nitrogens with zero attached hydrogens (tertiary/aromatic N) is 5. The van der Waals surface area contributed by atoms with Crippen LogP contribution in [-0.2, 0) is 35.1 Å². The Kier molecular flexibility index (Phi) is 6.62. The normalized spacial score (nSPS) is 18.6. The Morgan fingerprint density at radius 2 is 1.77 bits per heavy atom. The van der Waals surface area contributed by atoms with Crippen LogP contribution in [0, 0.1) is 0 Å². The number of aromatic nitrogens is 2. The molecule has 1 saturated heterocycles. The molecule has 0 saturated carbocycles. The van der Waals surface area contributed by atoms with E-state index in [1.807, 2.05) is 0 Å². The molecule has 2 aliphatic rings. The van der Waals surface area contributed by atoms with Crippen LogP contribution in [0.5, 0.6) is 0 Å². The van der Waals surface area contributed by atoms with Crippen LogP contribution in [0.4, 0.5) is 30.4 Å². The Hall–Kier alpha value is -3.36. The van der Waals surface area contributed by atoms with E-state index >= 15 is 0 Å². The van der Waals surface area contributed by atoms with E-state index in [0.29, 0.717) is 42.5 Å². The number of fused-ring (bicyclic) bond motifs is 1. The lowest BCUT2D eigenvalue weighted by Gasteiger charge is -2.41. The maximum atomic E-state index is 13.4. The van der Waals surface area contributed by atoms with Crippen molar-refractivity contribution in [2.75, 3.05) is 43.3 Å². The second-order valence-corrected chi connectivity index (χ2v) is 8.14. The van der Waals surface area contributed by atoms with E-state index in [9.17, 15) is 27.6 Å². The Morgan fingerprint density at radius 1 is 1.11 bits per heavy atom. The summed E-state index contributed by atoms with van der Waals surface area (Å²) in [6.45, 7) is 1.91. The minimum Gasteiger partial charge on any atom is -0.380 e. The molecule has 0 spiro atoms. The molecule has 190 valence electrons. The van der Waals surface area contributed by atoms with Crippen molar-refractivity contribution in [2.24, 2.45) is 14.1 Å². The van der Waals surface area contributed by atoms with Gasteiger partial charge in [0.05, 0.1) is 12.3 Å². The monoisotopic (exact) mass is 498 g/mol. The summed E-state index contributed by atoms with van der Waals surface area (Å²) in [5.74, 6) is -2.73. The maximum Gasteiger partial charge on any atom is 0.493 e. The van der Waals surface area contributed by atoms with Gasteiger partial charge in [-0.2, -0.15) is 13.2 Å². The number of nitrogens with one attached hydrogen (secondary N) is 1. The minimum absolute atomic E-state index is 0.100. The molecular formula is C21H25F3N6O5. The highest BCUT2D eigenvalue weighted by Crippen LogP contribution is 2.44. The number of carbonyl (C=O) groups is 1. The molecule has 1 atom stereocenters. The lowest BCUT2D eigenvalue weighted by Crippen LogP contribution is -2.60. The maximum absolute atomic E-state index is 13.4. The van der Waals surface area contributed by atoms with Crippen molar-refractivity contribution in [3.63, 3.8) is 0 Å². The third kappa shape index (κ3) is 4.28. The molecule has 1 fully saturated rings. The Morgan fingerprint density at radius 3 is 2.40 bits per heavy atom. The number of alkyl halides is 3. The number of halogens is 3. The highest BCUT2D eigenvalue weighted by atomic mass is 19.4. The van der Waals surface area contributed by atoms with Crippen molar-refractivity contribution in [3.05, 3.63) is 50.7 Å². The zero-order chi connectivity index (χ0) is 25.5. The van der Waals surface area contributed by atoms with Gasteiger partial charge in [0.25, 0.3) is 5.56 Å². The van der Waals surface area contributed by atoms with Crippen molar-refractivity contribution in [1.29, 1.82) is 0 Å². The number of carbonyl (C=O) groups excluding carboxylic acids is 1. The van der Waals surface area contributed by atoms with Crippen molar-refractivity contribution in [1.82, 2.24) is 19.4 Å². The molecule has 3 heterocycles. The largest absolute Gasteiger partial charge is 0.493 e. The summed E-state index contributed by atoms with van der Waals surface area (Å²) in [7, 11) is 4.06. The van der Waals surface area contributed by atoms with Gasteiger partial charge in [-0.15, -0.1) is 5.06 Å².